The molecule has 2 saturated carbocycles. The van der Waals surface area contributed by atoms with Crippen molar-refractivity contribution in [2.75, 3.05) is 20.7 Å². The van der Waals surface area contributed by atoms with E-state index in [0.29, 0.717) is 24.5 Å². The molecule has 0 spiro atoms. The SMILES string of the molecule is COC(=O)C1CC2CCCCC2N1CC(=O)N(C)C1CCC(C)CC1. The zero-order valence-corrected chi connectivity index (χ0v) is 16.1. The van der Waals surface area contributed by atoms with E-state index in [-0.39, 0.29) is 17.9 Å². The molecule has 1 aliphatic heterocycles. The first-order chi connectivity index (χ1) is 12.0. The molecule has 142 valence electrons. The molecule has 3 aliphatic rings. The molecular formula is C20H34N2O3. The number of carbonyl (C=O) groups excluding carboxylic acids is 2. The first-order valence-corrected chi connectivity index (χ1v) is 10.1. The smallest absolute Gasteiger partial charge is 0.323 e. The van der Waals surface area contributed by atoms with Crippen LogP contribution < -0.4 is 0 Å². The Bertz CT molecular complexity index is 487. The molecule has 0 aromatic heterocycles. The van der Waals surface area contributed by atoms with Gasteiger partial charge in [0.1, 0.15) is 6.04 Å². The summed E-state index contributed by atoms with van der Waals surface area (Å²) in [5.41, 5.74) is 0. The second-order valence-corrected chi connectivity index (χ2v) is 8.48. The van der Waals surface area contributed by atoms with E-state index in [1.807, 2.05) is 11.9 Å². The number of hydrogen-bond acceptors (Lipinski definition) is 4. The van der Waals surface area contributed by atoms with Crippen LogP contribution in [0.15, 0.2) is 0 Å². The second kappa shape index (κ2) is 8.07. The van der Waals surface area contributed by atoms with Gasteiger partial charge < -0.3 is 9.64 Å². The third-order valence-electron chi connectivity index (χ3n) is 6.94. The highest BCUT2D eigenvalue weighted by Gasteiger charge is 2.46. The standard InChI is InChI=1S/C20H34N2O3/c1-14-8-10-16(11-9-14)21(2)19(23)13-22-17-7-5-4-6-15(17)12-18(22)20(24)25-3/h14-18H,4-13H2,1-3H3. The number of carbonyl (C=O) groups is 2. The average molecular weight is 351 g/mol. The van der Waals surface area contributed by atoms with Crippen LogP contribution in [0.4, 0.5) is 0 Å². The molecule has 3 atom stereocenters. The van der Waals surface area contributed by atoms with Gasteiger partial charge >= 0.3 is 5.97 Å². The molecule has 25 heavy (non-hydrogen) atoms. The lowest BCUT2D eigenvalue weighted by molar-refractivity contribution is -0.147. The Morgan fingerprint density at radius 2 is 1.76 bits per heavy atom. The number of fused-ring (bicyclic) bond motifs is 1. The second-order valence-electron chi connectivity index (χ2n) is 8.48. The molecule has 3 rings (SSSR count). The van der Waals surface area contributed by atoms with Crippen molar-refractivity contribution in [3.63, 3.8) is 0 Å². The Hall–Kier alpha value is -1.10. The molecule has 0 bridgehead atoms. The number of likely N-dealkylation sites (tertiary alicyclic amines) is 1. The predicted octanol–water partition coefficient (Wildman–Crippen LogP) is 2.83. The third kappa shape index (κ3) is 4.02. The van der Waals surface area contributed by atoms with Crippen LogP contribution in [0.25, 0.3) is 0 Å². The van der Waals surface area contributed by atoms with Gasteiger partial charge in [-0.2, -0.15) is 0 Å². The fourth-order valence-corrected chi connectivity index (χ4v) is 5.25. The third-order valence-corrected chi connectivity index (χ3v) is 6.94. The van der Waals surface area contributed by atoms with E-state index in [4.69, 9.17) is 4.74 Å². The molecule has 3 unspecified atom stereocenters. The van der Waals surface area contributed by atoms with Gasteiger partial charge in [0.15, 0.2) is 0 Å². The summed E-state index contributed by atoms with van der Waals surface area (Å²) in [5.74, 6) is 1.33. The molecule has 5 heteroatoms. The lowest BCUT2D eigenvalue weighted by atomic mass is 9.84. The van der Waals surface area contributed by atoms with E-state index in [1.54, 1.807) is 0 Å². The van der Waals surface area contributed by atoms with Gasteiger partial charge in [-0.05, 0) is 56.8 Å². The van der Waals surface area contributed by atoms with Gasteiger partial charge in [0.2, 0.25) is 5.91 Å². The fourth-order valence-electron chi connectivity index (χ4n) is 5.25. The minimum atomic E-state index is -0.234. The molecule has 5 nitrogen and oxygen atoms in total. The number of likely N-dealkylation sites (N-methyl/N-ethyl adjacent to an activating group) is 1. The van der Waals surface area contributed by atoms with E-state index < -0.39 is 0 Å². The summed E-state index contributed by atoms with van der Waals surface area (Å²) < 4.78 is 5.04. The first-order valence-electron chi connectivity index (χ1n) is 10.1. The van der Waals surface area contributed by atoms with Crippen molar-refractivity contribution in [2.45, 2.75) is 82.8 Å². The van der Waals surface area contributed by atoms with Crippen LogP contribution in [-0.2, 0) is 14.3 Å². The monoisotopic (exact) mass is 350 g/mol. The highest BCUT2D eigenvalue weighted by atomic mass is 16.5. The van der Waals surface area contributed by atoms with Gasteiger partial charge in [-0.1, -0.05) is 19.8 Å². The van der Waals surface area contributed by atoms with E-state index in [9.17, 15) is 9.59 Å². The summed E-state index contributed by atoms with van der Waals surface area (Å²) in [6, 6.07) is 0.508. The van der Waals surface area contributed by atoms with Gasteiger partial charge in [-0.3, -0.25) is 14.5 Å². The van der Waals surface area contributed by atoms with Crippen molar-refractivity contribution < 1.29 is 14.3 Å². The minimum absolute atomic E-state index is 0.166. The van der Waals surface area contributed by atoms with Gasteiger partial charge in [-0.25, -0.2) is 0 Å². The van der Waals surface area contributed by atoms with Crippen LogP contribution in [0.5, 0.6) is 0 Å². The van der Waals surface area contributed by atoms with Crippen molar-refractivity contribution in [3.8, 4) is 0 Å². The van der Waals surface area contributed by atoms with Gasteiger partial charge in [-0.15, -0.1) is 0 Å². The summed E-state index contributed by atoms with van der Waals surface area (Å²) in [6.45, 7) is 2.66. The summed E-state index contributed by atoms with van der Waals surface area (Å²) in [6.07, 6.45) is 10.2. The number of esters is 1. The molecule has 0 aromatic rings. The lowest BCUT2D eigenvalue weighted by Crippen LogP contribution is -2.50. The van der Waals surface area contributed by atoms with Crippen LogP contribution in [0.3, 0.4) is 0 Å². The molecule has 1 saturated heterocycles. The van der Waals surface area contributed by atoms with E-state index >= 15 is 0 Å². The van der Waals surface area contributed by atoms with E-state index in [2.05, 4.69) is 11.8 Å². The maximum Gasteiger partial charge on any atom is 0.323 e. The molecule has 2 aliphatic carbocycles. The zero-order chi connectivity index (χ0) is 18.0. The highest BCUT2D eigenvalue weighted by Crippen LogP contribution is 2.40. The maximum atomic E-state index is 12.9. The van der Waals surface area contributed by atoms with Gasteiger partial charge in [0.25, 0.3) is 0 Å². The van der Waals surface area contributed by atoms with Crippen molar-refractivity contribution in [1.29, 1.82) is 0 Å². The van der Waals surface area contributed by atoms with Crippen LogP contribution in [0.1, 0.15) is 64.7 Å². The average Bonchev–Trinajstić information content (AvgIpc) is 2.99. The highest BCUT2D eigenvalue weighted by molar-refractivity contribution is 5.81. The number of nitrogens with zero attached hydrogens (tertiary/aromatic N) is 2. The summed E-state index contributed by atoms with van der Waals surface area (Å²) >= 11 is 0. The fraction of sp³-hybridized carbons (Fsp3) is 0.900. The molecular weight excluding hydrogens is 316 g/mol. The molecule has 1 heterocycles. The number of rotatable bonds is 4. The Labute approximate surface area is 152 Å². The van der Waals surface area contributed by atoms with Crippen molar-refractivity contribution in [1.82, 2.24) is 9.80 Å². The quantitative estimate of drug-likeness (QED) is 0.732. The summed E-state index contributed by atoms with van der Waals surface area (Å²) in [4.78, 5) is 29.3. The van der Waals surface area contributed by atoms with Gasteiger partial charge in [0, 0.05) is 19.1 Å². The maximum absolute atomic E-state index is 12.9. The topological polar surface area (TPSA) is 49.9 Å². The number of ether oxygens (including phenoxy) is 1. The molecule has 3 fully saturated rings. The van der Waals surface area contributed by atoms with Crippen molar-refractivity contribution in [3.05, 3.63) is 0 Å². The number of amides is 1. The van der Waals surface area contributed by atoms with Crippen LogP contribution in [-0.4, -0.2) is 60.5 Å². The number of methoxy groups -OCH3 is 1. The molecule has 0 N–H and O–H groups in total. The van der Waals surface area contributed by atoms with Crippen LogP contribution in [0, 0.1) is 11.8 Å². The summed E-state index contributed by atoms with van der Waals surface area (Å²) in [5, 5.41) is 0. The Kier molecular flexibility index (Phi) is 6.03. The normalized spacial score (nSPS) is 35.9. The predicted molar refractivity (Wildman–Crippen MR) is 97.1 cm³/mol. The zero-order valence-electron chi connectivity index (χ0n) is 16.1. The molecule has 0 aromatic carbocycles. The van der Waals surface area contributed by atoms with Gasteiger partial charge in [0.05, 0.1) is 13.7 Å². The van der Waals surface area contributed by atoms with E-state index in [1.165, 1.54) is 39.2 Å². The van der Waals surface area contributed by atoms with Crippen LogP contribution >= 0.6 is 0 Å². The molecule has 0 radical (unpaired) electrons. The molecule has 1 amide bonds. The Morgan fingerprint density at radius 1 is 1.08 bits per heavy atom. The minimum Gasteiger partial charge on any atom is -0.468 e. The summed E-state index contributed by atoms with van der Waals surface area (Å²) in [7, 11) is 3.41. The van der Waals surface area contributed by atoms with Crippen molar-refractivity contribution >= 4 is 11.9 Å². The number of hydrogen-bond donors (Lipinski definition) is 0. The lowest BCUT2D eigenvalue weighted by Gasteiger charge is -2.37. The van der Waals surface area contributed by atoms with Crippen LogP contribution in [0.2, 0.25) is 0 Å². The Morgan fingerprint density at radius 3 is 2.44 bits per heavy atom. The first kappa shape index (κ1) is 18.7. The van der Waals surface area contributed by atoms with Crippen molar-refractivity contribution in [2.24, 2.45) is 11.8 Å². The van der Waals surface area contributed by atoms with E-state index in [0.717, 1.165) is 31.6 Å². The Balaban J connectivity index is 1.65. The largest absolute Gasteiger partial charge is 0.468 e.